The van der Waals surface area contributed by atoms with Crippen LogP contribution in [0, 0.1) is 0 Å². The Bertz CT molecular complexity index is 598. The van der Waals surface area contributed by atoms with Crippen LogP contribution in [-0.2, 0) is 14.3 Å². The minimum Gasteiger partial charge on any atom is -0.463 e. The van der Waals surface area contributed by atoms with Gasteiger partial charge in [0, 0.05) is 24.7 Å². The van der Waals surface area contributed by atoms with Crippen LogP contribution >= 0.6 is 0 Å². The summed E-state index contributed by atoms with van der Waals surface area (Å²) in [5.41, 5.74) is 2.02. The predicted octanol–water partition coefficient (Wildman–Crippen LogP) is 2.25. The Labute approximate surface area is 143 Å². The summed E-state index contributed by atoms with van der Waals surface area (Å²) < 4.78 is 4.95. The van der Waals surface area contributed by atoms with Crippen molar-refractivity contribution in [3.05, 3.63) is 35.4 Å². The van der Waals surface area contributed by atoms with E-state index in [0.717, 1.165) is 5.56 Å². The molecule has 0 aliphatic carbocycles. The Kier molecular flexibility index (Phi) is 7.98. The van der Waals surface area contributed by atoms with Gasteiger partial charge >= 0.3 is 5.97 Å². The number of hydrogen-bond acceptors (Lipinski definition) is 5. The fraction of sp³-hybridized carbons (Fsp3) is 0.444. The summed E-state index contributed by atoms with van der Waals surface area (Å²) in [6.45, 7) is 7.86. The van der Waals surface area contributed by atoms with Crippen LogP contribution in [0.15, 0.2) is 29.8 Å². The van der Waals surface area contributed by atoms with Gasteiger partial charge in [-0.05, 0) is 44.5 Å². The number of esters is 1. The summed E-state index contributed by atoms with van der Waals surface area (Å²) in [6.07, 6.45) is 0.850. The summed E-state index contributed by atoms with van der Waals surface area (Å²) in [5, 5.41) is 13.0. The second kappa shape index (κ2) is 9.72. The molecule has 6 nitrogen and oxygen atoms in total. The van der Waals surface area contributed by atoms with Crippen molar-refractivity contribution >= 4 is 23.6 Å². The van der Waals surface area contributed by atoms with Crippen molar-refractivity contribution < 1.29 is 19.4 Å². The van der Waals surface area contributed by atoms with E-state index in [1.165, 1.54) is 6.92 Å². The Morgan fingerprint density at radius 3 is 2.62 bits per heavy atom. The van der Waals surface area contributed by atoms with Gasteiger partial charge in [0.2, 0.25) is 5.91 Å². The first-order valence-corrected chi connectivity index (χ1v) is 8.03. The minimum absolute atomic E-state index is 0.0832. The van der Waals surface area contributed by atoms with Crippen molar-refractivity contribution in [1.82, 2.24) is 4.90 Å². The molecule has 1 aromatic rings. The zero-order valence-electron chi connectivity index (χ0n) is 14.7. The Balaban J connectivity index is 2.76. The quantitative estimate of drug-likeness (QED) is 0.433. The summed E-state index contributed by atoms with van der Waals surface area (Å²) >= 11 is 0. The Hall–Kier alpha value is -2.34. The number of nitrogens with one attached hydrogen (secondary N) is 1. The number of aliphatic hydroxyl groups excluding tert-OH is 1. The molecular formula is C18H26N2O4. The fourth-order valence-corrected chi connectivity index (χ4v) is 2.20. The molecule has 0 saturated carbocycles. The van der Waals surface area contributed by atoms with Crippen molar-refractivity contribution in [3.8, 4) is 0 Å². The average molecular weight is 334 g/mol. The molecule has 0 radical (unpaired) electrons. The number of hydrogen-bond donors (Lipinski definition) is 2. The predicted molar refractivity (Wildman–Crippen MR) is 94.3 cm³/mol. The highest BCUT2D eigenvalue weighted by atomic mass is 16.5. The number of likely N-dealkylation sites (N-methyl/N-ethyl adjacent to an activating group) is 1. The molecule has 1 atom stereocenters. The first kappa shape index (κ1) is 19.7. The number of aliphatic hydroxyl groups is 1. The summed E-state index contributed by atoms with van der Waals surface area (Å²) in [6, 6.07) is 7.30. The third-order valence-corrected chi connectivity index (χ3v) is 3.42. The SMILES string of the molecule is CCOC(=O)/C(C)=C/c1cccc(NC(O)CN(CC)C(C)=O)c1. The normalized spacial score (nSPS) is 12.5. The van der Waals surface area contributed by atoms with E-state index in [-0.39, 0.29) is 18.4 Å². The van der Waals surface area contributed by atoms with E-state index < -0.39 is 6.23 Å². The number of amides is 1. The molecular weight excluding hydrogens is 308 g/mol. The van der Waals surface area contributed by atoms with Gasteiger partial charge in [0.15, 0.2) is 0 Å². The molecule has 0 fully saturated rings. The van der Waals surface area contributed by atoms with Crippen LogP contribution in [0.25, 0.3) is 6.08 Å². The molecule has 24 heavy (non-hydrogen) atoms. The highest BCUT2D eigenvalue weighted by Crippen LogP contribution is 2.15. The number of benzene rings is 1. The van der Waals surface area contributed by atoms with Crippen LogP contribution in [0.4, 0.5) is 5.69 Å². The lowest BCUT2D eigenvalue weighted by Gasteiger charge is -2.23. The summed E-state index contributed by atoms with van der Waals surface area (Å²) in [5.74, 6) is -0.434. The second-order valence-corrected chi connectivity index (χ2v) is 5.39. The van der Waals surface area contributed by atoms with Gasteiger partial charge in [-0.1, -0.05) is 12.1 Å². The molecule has 0 aromatic heterocycles. The highest BCUT2D eigenvalue weighted by molar-refractivity contribution is 5.93. The molecule has 1 aromatic carbocycles. The number of nitrogens with zero attached hydrogens (tertiary/aromatic N) is 1. The first-order chi connectivity index (χ1) is 11.4. The molecule has 1 rings (SSSR count). The highest BCUT2D eigenvalue weighted by Gasteiger charge is 2.12. The molecule has 6 heteroatoms. The lowest BCUT2D eigenvalue weighted by Crippen LogP contribution is -2.39. The molecule has 0 aliphatic heterocycles. The second-order valence-electron chi connectivity index (χ2n) is 5.39. The number of anilines is 1. The molecule has 0 aliphatic rings. The van der Waals surface area contributed by atoms with E-state index in [4.69, 9.17) is 4.74 Å². The molecule has 2 N–H and O–H groups in total. The van der Waals surface area contributed by atoms with Gasteiger partial charge in [-0.2, -0.15) is 0 Å². The van der Waals surface area contributed by atoms with Gasteiger partial charge in [0.25, 0.3) is 0 Å². The molecule has 1 unspecified atom stereocenters. The standard InChI is InChI=1S/C18H26N2O4/c1-5-20(14(4)21)12-17(22)19-16-9-7-8-15(11-16)10-13(3)18(23)24-6-2/h7-11,17,19,22H,5-6,12H2,1-4H3/b13-10+. The molecule has 0 saturated heterocycles. The van der Waals surface area contributed by atoms with Crippen molar-refractivity contribution in [2.45, 2.75) is 33.9 Å². The third kappa shape index (κ3) is 6.42. The average Bonchev–Trinajstić information content (AvgIpc) is 2.52. The van der Waals surface area contributed by atoms with Crippen molar-refractivity contribution in [2.75, 3.05) is 25.0 Å². The van der Waals surface area contributed by atoms with Crippen LogP contribution in [0.1, 0.15) is 33.3 Å². The van der Waals surface area contributed by atoms with E-state index in [2.05, 4.69) is 5.32 Å². The molecule has 0 heterocycles. The van der Waals surface area contributed by atoms with Crippen LogP contribution < -0.4 is 5.32 Å². The van der Waals surface area contributed by atoms with Gasteiger partial charge in [-0.25, -0.2) is 4.79 Å². The van der Waals surface area contributed by atoms with Crippen LogP contribution in [0.3, 0.4) is 0 Å². The maximum atomic E-state index is 11.6. The molecule has 0 bridgehead atoms. The van der Waals surface area contributed by atoms with Crippen LogP contribution in [-0.4, -0.2) is 47.8 Å². The summed E-state index contributed by atoms with van der Waals surface area (Å²) in [4.78, 5) is 24.6. The third-order valence-electron chi connectivity index (χ3n) is 3.42. The Morgan fingerprint density at radius 1 is 1.33 bits per heavy atom. The molecule has 1 amide bonds. The molecule has 0 spiro atoms. The van der Waals surface area contributed by atoms with Crippen molar-refractivity contribution in [3.63, 3.8) is 0 Å². The zero-order chi connectivity index (χ0) is 18.1. The maximum absolute atomic E-state index is 11.6. The zero-order valence-corrected chi connectivity index (χ0v) is 14.7. The summed E-state index contributed by atoms with van der Waals surface area (Å²) in [7, 11) is 0. The van der Waals surface area contributed by atoms with Crippen LogP contribution in [0.5, 0.6) is 0 Å². The van der Waals surface area contributed by atoms with Gasteiger partial charge < -0.3 is 20.1 Å². The fourth-order valence-electron chi connectivity index (χ4n) is 2.20. The van der Waals surface area contributed by atoms with E-state index in [9.17, 15) is 14.7 Å². The van der Waals surface area contributed by atoms with E-state index in [1.807, 2.05) is 31.2 Å². The first-order valence-electron chi connectivity index (χ1n) is 8.03. The van der Waals surface area contributed by atoms with E-state index >= 15 is 0 Å². The van der Waals surface area contributed by atoms with Gasteiger partial charge in [0.05, 0.1) is 13.2 Å². The van der Waals surface area contributed by atoms with Crippen molar-refractivity contribution in [1.29, 1.82) is 0 Å². The van der Waals surface area contributed by atoms with Crippen molar-refractivity contribution in [2.24, 2.45) is 0 Å². The Morgan fingerprint density at radius 2 is 2.04 bits per heavy atom. The van der Waals surface area contributed by atoms with Crippen LogP contribution in [0.2, 0.25) is 0 Å². The minimum atomic E-state index is -0.876. The van der Waals surface area contributed by atoms with Gasteiger partial charge in [-0.3, -0.25) is 4.79 Å². The number of carbonyl (C=O) groups excluding carboxylic acids is 2. The number of carbonyl (C=O) groups is 2. The lowest BCUT2D eigenvalue weighted by atomic mass is 10.1. The topological polar surface area (TPSA) is 78.9 Å². The lowest BCUT2D eigenvalue weighted by molar-refractivity contribution is -0.138. The maximum Gasteiger partial charge on any atom is 0.333 e. The molecule has 132 valence electrons. The smallest absolute Gasteiger partial charge is 0.333 e. The monoisotopic (exact) mass is 334 g/mol. The number of ether oxygens (including phenoxy) is 1. The van der Waals surface area contributed by atoms with Gasteiger partial charge in [-0.15, -0.1) is 0 Å². The van der Waals surface area contributed by atoms with E-state index in [0.29, 0.717) is 24.4 Å². The van der Waals surface area contributed by atoms with E-state index in [1.54, 1.807) is 24.8 Å². The number of rotatable bonds is 8. The van der Waals surface area contributed by atoms with Gasteiger partial charge in [0.1, 0.15) is 6.23 Å². The largest absolute Gasteiger partial charge is 0.463 e.